The summed E-state index contributed by atoms with van der Waals surface area (Å²) in [5.74, 6) is -1.20. The molecule has 11 heteroatoms. The maximum atomic E-state index is 11.4. The Morgan fingerprint density at radius 2 is 1.57 bits per heavy atom. The van der Waals surface area contributed by atoms with Gasteiger partial charge in [0.05, 0.1) is 13.2 Å². The highest BCUT2D eigenvalue weighted by Crippen LogP contribution is 2.35. The van der Waals surface area contributed by atoms with Crippen molar-refractivity contribution in [3.05, 3.63) is 0 Å². The van der Waals surface area contributed by atoms with Crippen molar-refractivity contribution in [1.82, 2.24) is 0 Å². The van der Waals surface area contributed by atoms with E-state index in [-0.39, 0.29) is 12.5 Å². The summed E-state index contributed by atoms with van der Waals surface area (Å²) in [7, 11) is -4.86. The van der Waals surface area contributed by atoms with Crippen LogP contribution in [0.3, 0.4) is 0 Å². The first-order valence-corrected chi connectivity index (χ1v) is 7.57. The minimum Gasteiger partial charge on any atom is -0.463 e. The van der Waals surface area contributed by atoms with Crippen molar-refractivity contribution in [2.75, 3.05) is 13.2 Å². The molecule has 0 aliphatic heterocycles. The standard InChI is InChI=1S/C10H21O10P/c1-5(2)3-19-10(15)9(14)8(13)7(12)6(11)4-20-21(16,17)18/h5-9,11-14H,3-4H2,1-2H3,(H2,16,17,18). The van der Waals surface area contributed by atoms with Crippen molar-refractivity contribution >= 4 is 13.8 Å². The second-order valence-corrected chi connectivity index (χ2v) is 6.04. The molecule has 0 bridgehead atoms. The maximum absolute atomic E-state index is 11.4. The fraction of sp³-hybridized carbons (Fsp3) is 0.900. The van der Waals surface area contributed by atoms with E-state index in [1.165, 1.54) is 0 Å². The van der Waals surface area contributed by atoms with E-state index >= 15 is 0 Å². The number of phosphoric ester groups is 1. The molecule has 6 N–H and O–H groups in total. The summed E-state index contributed by atoms with van der Waals surface area (Å²) in [5.41, 5.74) is 0. The first-order valence-electron chi connectivity index (χ1n) is 6.04. The molecular formula is C10H21O10P. The predicted octanol–water partition coefficient (Wildman–Crippen LogP) is -2.26. The molecule has 21 heavy (non-hydrogen) atoms. The van der Waals surface area contributed by atoms with Gasteiger partial charge in [-0.3, -0.25) is 4.52 Å². The number of carbonyl (C=O) groups excluding carboxylic acids is 1. The Balaban J connectivity index is 4.43. The lowest BCUT2D eigenvalue weighted by atomic mass is 10.0. The van der Waals surface area contributed by atoms with Gasteiger partial charge in [0.25, 0.3) is 0 Å². The highest BCUT2D eigenvalue weighted by molar-refractivity contribution is 7.46. The van der Waals surface area contributed by atoms with Crippen molar-refractivity contribution in [2.45, 2.75) is 38.3 Å². The van der Waals surface area contributed by atoms with E-state index in [0.29, 0.717) is 0 Å². The lowest BCUT2D eigenvalue weighted by Gasteiger charge is -2.25. The summed E-state index contributed by atoms with van der Waals surface area (Å²) < 4.78 is 19.0. The van der Waals surface area contributed by atoms with Gasteiger partial charge < -0.3 is 34.9 Å². The summed E-state index contributed by atoms with van der Waals surface area (Å²) in [5, 5.41) is 37.8. The van der Waals surface area contributed by atoms with E-state index < -0.39 is 44.8 Å². The first-order chi connectivity index (χ1) is 9.45. The smallest absolute Gasteiger partial charge is 0.463 e. The molecule has 0 saturated carbocycles. The molecule has 4 unspecified atom stereocenters. The molecule has 0 fully saturated rings. The summed E-state index contributed by atoms with van der Waals surface area (Å²) >= 11 is 0. The van der Waals surface area contributed by atoms with Crippen LogP contribution in [0.1, 0.15) is 13.8 Å². The molecule has 126 valence electrons. The Labute approximate surface area is 121 Å². The van der Waals surface area contributed by atoms with Crippen LogP contribution in [0.25, 0.3) is 0 Å². The van der Waals surface area contributed by atoms with E-state index in [9.17, 15) is 29.8 Å². The maximum Gasteiger partial charge on any atom is 0.469 e. The second kappa shape index (κ2) is 8.76. The largest absolute Gasteiger partial charge is 0.469 e. The topological polar surface area (TPSA) is 174 Å². The van der Waals surface area contributed by atoms with Gasteiger partial charge in [0.1, 0.15) is 18.3 Å². The van der Waals surface area contributed by atoms with Gasteiger partial charge in [-0.25, -0.2) is 9.36 Å². The van der Waals surface area contributed by atoms with Crippen LogP contribution in [-0.2, 0) is 18.6 Å². The number of carbonyl (C=O) groups is 1. The fourth-order valence-electron chi connectivity index (χ4n) is 1.16. The Morgan fingerprint density at radius 3 is 2.00 bits per heavy atom. The molecule has 0 rings (SSSR count). The average molecular weight is 332 g/mol. The van der Waals surface area contributed by atoms with Gasteiger partial charge in [0, 0.05) is 0 Å². The first kappa shape index (κ1) is 20.4. The van der Waals surface area contributed by atoms with Gasteiger partial charge in [0.15, 0.2) is 6.10 Å². The van der Waals surface area contributed by atoms with Gasteiger partial charge in [-0.15, -0.1) is 0 Å². The zero-order valence-electron chi connectivity index (χ0n) is 11.6. The summed E-state index contributed by atoms with van der Waals surface area (Å²) in [6.45, 7) is 2.47. The van der Waals surface area contributed by atoms with Gasteiger partial charge >= 0.3 is 13.8 Å². The van der Waals surface area contributed by atoms with E-state index in [4.69, 9.17) is 9.79 Å². The molecule has 4 atom stereocenters. The Bertz CT molecular complexity index is 367. The zero-order valence-corrected chi connectivity index (χ0v) is 12.5. The summed E-state index contributed by atoms with van der Waals surface area (Å²) in [4.78, 5) is 28.2. The average Bonchev–Trinajstić information content (AvgIpc) is 2.38. The minimum absolute atomic E-state index is 0.00883. The lowest BCUT2D eigenvalue weighted by molar-refractivity contribution is -0.171. The molecule has 0 heterocycles. The van der Waals surface area contributed by atoms with Crippen LogP contribution in [0.5, 0.6) is 0 Å². The molecule has 0 aliphatic carbocycles. The Morgan fingerprint density at radius 1 is 1.05 bits per heavy atom. The molecule has 10 nitrogen and oxygen atoms in total. The van der Waals surface area contributed by atoms with Crippen LogP contribution >= 0.6 is 7.82 Å². The molecule has 0 saturated heterocycles. The van der Waals surface area contributed by atoms with Crippen molar-refractivity contribution in [1.29, 1.82) is 0 Å². The van der Waals surface area contributed by atoms with Crippen LogP contribution in [0.4, 0.5) is 0 Å². The van der Waals surface area contributed by atoms with Gasteiger partial charge in [0.2, 0.25) is 0 Å². The molecule has 0 amide bonds. The van der Waals surface area contributed by atoms with Gasteiger partial charge in [-0.05, 0) is 5.92 Å². The number of aliphatic hydroxyl groups excluding tert-OH is 4. The van der Waals surface area contributed by atoms with E-state index in [1.807, 2.05) is 0 Å². The SMILES string of the molecule is CC(C)COC(=O)C(O)C(O)C(O)C(O)COP(=O)(O)O. The quantitative estimate of drug-likeness (QED) is 0.200. The summed E-state index contributed by atoms with van der Waals surface area (Å²) in [6, 6.07) is 0. The highest BCUT2D eigenvalue weighted by Gasteiger charge is 2.36. The number of ether oxygens (including phenoxy) is 1. The van der Waals surface area contributed by atoms with Crippen molar-refractivity contribution < 1.29 is 48.8 Å². The lowest BCUT2D eigenvalue weighted by Crippen LogP contribution is -2.49. The second-order valence-electron chi connectivity index (χ2n) is 4.80. The zero-order chi connectivity index (χ0) is 16.8. The monoisotopic (exact) mass is 332 g/mol. The molecular weight excluding hydrogens is 311 g/mol. The van der Waals surface area contributed by atoms with Crippen LogP contribution in [0, 0.1) is 5.92 Å². The predicted molar refractivity (Wildman–Crippen MR) is 67.8 cm³/mol. The van der Waals surface area contributed by atoms with Crippen LogP contribution < -0.4 is 0 Å². The molecule has 0 spiro atoms. The summed E-state index contributed by atoms with van der Waals surface area (Å²) in [6.07, 6.45) is -8.23. The number of aliphatic hydroxyl groups is 4. The molecule has 0 aromatic heterocycles. The van der Waals surface area contributed by atoms with Gasteiger partial charge in [-0.1, -0.05) is 13.8 Å². The van der Waals surface area contributed by atoms with Gasteiger partial charge in [-0.2, -0.15) is 0 Å². The molecule has 0 radical (unpaired) electrons. The van der Waals surface area contributed by atoms with Crippen LogP contribution in [0.2, 0.25) is 0 Å². The Hall–Kier alpha value is -0.580. The van der Waals surface area contributed by atoms with E-state index in [2.05, 4.69) is 9.26 Å². The van der Waals surface area contributed by atoms with Crippen LogP contribution in [-0.4, -0.2) is 73.8 Å². The fourth-order valence-corrected chi connectivity index (χ4v) is 1.51. The number of hydrogen-bond donors (Lipinski definition) is 6. The number of esters is 1. The van der Waals surface area contributed by atoms with Crippen molar-refractivity contribution in [3.63, 3.8) is 0 Å². The number of hydrogen-bond acceptors (Lipinski definition) is 8. The number of phosphoric acid groups is 1. The van der Waals surface area contributed by atoms with E-state index in [1.54, 1.807) is 13.8 Å². The van der Waals surface area contributed by atoms with Crippen LogP contribution in [0.15, 0.2) is 0 Å². The van der Waals surface area contributed by atoms with Crippen molar-refractivity contribution in [2.24, 2.45) is 5.92 Å². The molecule has 0 aliphatic rings. The van der Waals surface area contributed by atoms with E-state index in [0.717, 1.165) is 0 Å². The van der Waals surface area contributed by atoms with Crippen molar-refractivity contribution in [3.8, 4) is 0 Å². The minimum atomic E-state index is -4.86. The molecule has 0 aromatic carbocycles. The third-order valence-electron chi connectivity index (χ3n) is 2.28. The molecule has 0 aromatic rings. The highest BCUT2D eigenvalue weighted by atomic mass is 31.2. The third kappa shape index (κ3) is 8.44. The Kier molecular flexibility index (Phi) is 8.52. The normalized spacial score (nSPS) is 18.1. The third-order valence-corrected chi connectivity index (χ3v) is 2.77. The number of rotatable bonds is 9.